The number of rotatable bonds is 1. The van der Waals surface area contributed by atoms with Crippen molar-refractivity contribution in [3.8, 4) is 0 Å². The van der Waals surface area contributed by atoms with Gasteiger partial charge in [0.25, 0.3) is 0 Å². The van der Waals surface area contributed by atoms with Crippen molar-refractivity contribution in [3.63, 3.8) is 0 Å². The fourth-order valence-electron chi connectivity index (χ4n) is 1.37. The van der Waals surface area contributed by atoms with Crippen molar-refractivity contribution in [2.24, 2.45) is 5.41 Å². The van der Waals surface area contributed by atoms with Gasteiger partial charge in [-0.15, -0.1) is 0 Å². The van der Waals surface area contributed by atoms with E-state index in [2.05, 4.69) is 38.9 Å². The van der Waals surface area contributed by atoms with E-state index in [-0.39, 0.29) is 5.41 Å². The predicted octanol–water partition coefficient (Wildman–Crippen LogP) is 2.44. The van der Waals surface area contributed by atoms with Crippen LogP contribution in [0.25, 0.3) is 0 Å². The lowest BCUT2D eigenvalue weighted by Gasteiger charge is -2.34. The molecule has 1 N–H and O–H groups in total. The molecule has 2 heteroatoms. The smallest absolute Gasteiger partial charge is 0.0402 e. The fraction of sp³-hybridized carbons (Fsp3) is 0.455. The number of hydrogen-bond donors (Lipinski definition) is 1. The van der Waals surface area contributed by atoms with Crippen LogP contribution in [0.15, 0.2) is 36.2 Å². The van der Waals surface area contributed by atoms with Gasteiger partial charge in [0, 0.05) is 24.4 Å². The molecular formula is C11H18N2. The van der Waals surface area contributed by atoms with Crippen LogP contribution in [0.4, 0.5) is 0 Å². The highest BCUT2D eigenvalue weighted by molar-refractivity contribution is 5.35. The molecule has 0 aromatic heterocycles. The molecule has 0 bridgehead atoms. The first-order chi connectivity index (χ1) is 5.95. The third-order valence-corrected chi connectivity index (χ3v) is 2.09. The first-order valence-corrected chi connectivity index (χ1v) is 4.50. The maximum absolute atomic E-state index is 3.75. The Morgan fingerprint density at radius 2 is 2.08 bits per heavy atom. The molecule has 0 saturated heterocycles. The quantitative estimate of drug-likeness (QED) is 0.663. The molecule has 0 aromatic rings. The molecule has 1 aliphatic rings. The van der Waals surface area contributed by atoms with E-state index in [1.807, 2.05) is 24.3 Å². The summed E-state index contributed by atoms with van der Waals surface area (Å²) < 4.78 is 0. The van der Waals surface area contributed by atoms with E-state index >= 15 is 0 Å². The summed E-state index contributed by atoms with van der Waals surface area (Å²) >= 11 is 0. The topological polar surface area (TPSA) is 15.3 Å². The Balaban J connectivity index is 2.99. The molecule has 0 atom stereocenters. The molecule has 0 aliphatic carbocycles. The summed E-state index contributed by atoms with van der Waals surface area (Å²) in [5.41, 5.74) is 5.72. The van der Waals surface area contributed by atoms with E-state index in [1.54, 1.807) is 0 Å². The van der Waals surface area contributed by atoms with Crippen molar-refractivity contribution in [3.05, 3.63) is 36.2 Å². The van der Waals surface area contributed by atoms with Gasteiger partial charge in [0.1, 0.15) is 0 Å². The van der Waals surface area contributed by atoms with Crippen LogP contribution in [0.1, 0.15) is 20.8 Å². The Morgan fingerprint density at radius 1 is 1.46 bits per heavy atom. The number of hydrazine groups is 1. The average molecular weight is 178 g/mol. The highest BCUT2D eigenvalue weighted by Gasteiger charge is 2.22. The van der Waals surface area contributed by atoms with Crippen LogP contribution < -0.4 is 5.43 Å². The first kappa shape index (κ1) is 9.90. The Bertz CT molecular complexity index is 266. The van der Waals surface area contributed by atoms with Gasteiger partial charge in [-0.2, -0.15) is 0 Å². The summed E-state index contributed by atoms with van der Waals surface area (Å²) in [6, 6.07) is 0. The summed E-state index contributed by atoms with van der Waals surface area (Å²) in [5, 5.41) is 2.03. The molecule has 13 heavy (non-hydrogen) atoms. The van der Waals surface area contributed by atoms with Crippen LogP contribution in [0, 0.1) is 5.41 Å². The largest absolute Gasteiger partial charge is 0.306 e. The van der Waals surface area contributed by atoms with Crippen LogP contribution in [0.2, 0.25) is 0 Å². The minimum Gasteiger partial charge on any atom is -0.306 e. The fourth-order valence-corrected chi connectivity index (χ4v) is 1.37. The molecule has 2 nitrogen and oxygen atoms in total. The van der Waals surface area contributed by atoms with Gasteiger partial charge in [0.05, 0.1) is 0 Å². The number of nitrogens with one attached hydrogen (secondary N) is 1. The average Bonchev–Trinajstić information content (AvgIpc) is 2.03. The number of allylic oxidation sites excluding steroid dienone is 4. The molecule has 1 heterocycles. The second kappa shape index (κ2) is 3.29. The highest BCUT2D eigenvalue weighted by atomic mass is 15.5. The summed E-state index contributed by atoms with van der Waals surface area (Å²) in [4.78, 5) is 0. The molecule has 1 aliphatic heterocycles. The van der Waals surface area contributed by atoms with E-state index in [0.29, 0.717) is 0 Å². The van der Waals surface area contributed by atoms with Crippen molar-refractivity contribution in [2.45, 2.75) is 20.8 Å². The van der Waals surface area contributed by atoms with Gasteiger partial charge in [0.15, 0.2) is 0 Å². The minimum absolute atomic E-state index is 0.157. The van der Waals surface area contributed by atoms with E-state index in [1.165, 1.54) is 5.70 Å². The molecule has 0 unspecified atom stereocenters. The van der Waals surface area contributed by atoms with Gasteiger partial charge in [-0.05, 0) is 11.6 Å². The van der Waals surface area contributed by atoms with Gasteiger partial charge in [-0.25, -0.2) is 0 Å². The van der Waals surface area contributed by atoms with E-state index in [0.717, 1.165) is 5.57 Å². The molecule has 1 rings (SSSR count). The number of hydrogen-bond acceptors (Lipinski definition) is 2. The second-order valence-corrected chi connectivity index (χ2v) is 4.32. The molecule has 0 fully saturated rings. The molecule has 0 spiro atoms. The normalized spacial score (nSPS) is 17.4. The predicted molar refractivity (Wildman–Crippen MR) is 56.7 cm³/mol. The number of nitrogens with zero attached hydrogens (tertiary/aromatic N) is 1. The Kier molecular flexibility index (Phi) is 2.50. The van der Waals surface area contributed by atoms with Crippen LogP contribution in [0.3, 0.4) is 0 Å². The molecule has 72 valence electrons. The zero-order valence-electron chi connectivity index (χ0n) is 8.89. The SMILES string of the molecule is C=CC1=CNN(C)C(C(C)(C)C)=C1. The minimum atomic E-state index is 0.157. The second-order valence-electron chi connectivity index (χ2n) is 4.32. The summed E-state index contributed by atoms with van der Waals surface area (Å²) in [6.45, 7) is 10.3. The van der Waals surface area contributed by atoms with E-state index in [9.17, 15) is 0 Å². The third-order valence-electron chi connectivity index (χ3n) is 2.09. The van der Waals surface area contributed by atoms with Gasteiger partial charge in [0.2, 0.25) is 0 Å². The van der Waals surface area contributed by atoms with Crippen LogP contribution >= 0.6 is 0 Å². The van der Waals surface area contributed by atoms with Gasteiger partial charge in [-0.1, -0.05) is 33.4 Å². The zero-order chi connectivity index (χ0) is 10.1. The standard InChI is InChI=1S/C11H18N2/c1-6-9-7-10(11(2,3)4)13(5)12-8-9/h6-8,12H,1H2,2-5H3. The monoisotopic (exact) mass is 178 g/mol. The van der Waals surface area contributed by atoms with Crippen molar-refractivity contribution in [1.82, 2.24) is 10.4 Å². The molecule has 0 amide bonds. The van der Waals surface area contributed by atoms with E-state index in [4.69, 9.17) is 0 Å². The van der Waals surface area contributed by atoms with Crippen molar-refractivity contribution in [2.75, 3.05) is 7.05 Å². The Hall–Kier alpha value is -1.18. The lowest BCUT2D eigenvalue weighted by Crippen LogP contribution is -2.37. The zero-order valence-corrected chi connectivity index (χ0v) is 8.89. The summed E-state index contributed by atoms with van der Waals surface area (Å²) in [7, 11) is 2.02. The highest BCUT2D eigenvalue weighted by Crippen LogP contribution is 2.29. The van der Waals surface area contributed by atoms with Crippen molar-refractivity contribution in [1.29, 1.82) is 0 Å². The van der Waals surface area contributed by atoms with Gasteiger partial charge < -0.3 is 5.43 Å². The first-order valence-electron chi connectivity index (χ1n) is 4.50. The third kappa shape index (κ3) is 2.14. The molecule has 0 radical (unpaired) electrons. The molecule has 0 saturated carbocycles. The van der Waals surface area contributed by atoms with Gasteiger partial charge >= 0.3 is 0 Å². The van der Waals surface area contributed by atoms with Crippen LogP contribution in [-0.2, 0) is 0 Å². The lowest BCUT2D eigenvalue weighted by molar-refractivity contribution is 0.263. The Morgan fingerprint density at radius 3 is 2.54 bits per heavy atom. The molecular weight excluding hydrogens is 160 g/mol. The van der Waals surface area contributed by atoms with Crippen molar-refractivity contribution >= 4 is 0 Å². The van der Waals surface area contributed by atoms with Crippen LogP contribution in [-0.4, -0.2) is 12.1 Å². The van der Waals surface area contributed by atoms with E-state index < -0.39 is 0 Å². The maximum Gasteiger partial charge on any atom is 0.0402 e. The van der Waals surface area contributed by atoms with Crippen LogP contribution in [0.5, 0.6) is 0 Å². The lowest BCUT2D eigenvalue weighted by atomic mass is 9.90. The maximum atomic E-state index is 3.75. The van der Waals surface area contributed by atoms with Crippen molar-refractivity contribution < 1.29 is 0 Å². The summed E-state index contributed by atoms with van der Waals surface area (Å²) in [6.07, 6.45) is 5.96. The Labute approximate surface area is 80.6 Å². The molecule has 0 aromatic carbocycles. The summed E-state index contributed by atoms with van der Waals surface area (Å²) in [5.74, 6) is 0. The van der Waals surface area contributed by atoms with Gasteiger partial charge in [-0.3, -0.25) is 5.01 Å².